The lowest BCUT2D eigenvalue weighted by Gasteiger charge is -2.37. The zero-order valence-corrected chi connectivity index (χ0v) is 12.9. The second-order valence-electron chi connectivity index (χ2n) is 4.69. The molecule has 0 spiro atoms. The molecule has 1 aromatic carbocycles. The van der Waals surface area contributed by atoms with Crippen LogP contribution in [0.25, 0.3) is 0 Å². The summed E-state index contributed by atoms with van der Waals surface area (Å²) in [5.74, 6) is 0. The molecule has 0 amide bonds. The molecule has 5 heteroatoms. The fourth-order valence-electron chi connectivity index (χ4n) is 2.29. The molecule has 0 radical (unpaired) electrons. The molecule has 2 N–H and O–H groups in total. The molecule has 2 atom stereocenters. The highest BCUT2D eigenvalue weighted by Gasteiger charge is 2.23. The van der Waals surface area contributed by atoms with Crippen molar-refractivity contribution in [2.75, 3.05) is 18.0 Å². The zero-order chi connectivity index (χ0) is 13.3. The van der Waals surface area contributed by atoms with Crippen molar-refractivity contribution in [3.63, 3.8) is 0 Å². The first-order chi connectivity index (χ1) is 8.47. The highest BCUT2D eigenvalue weighted by atomic mass is 79.9. The lowest BCUT2D eigenvalue weighted by molar-refractivity contribution is -0.00525. The third kappa shape index (κ3) is 3.02. The Labute approximate surface area is 121 Å². The van der Waals surface area contributed by atoms with E-state index in [-0.39, 0.29) is 12.2 Å². The van der Waals surface area contributed by atoms with Gasteiger partial charge in [0.2, 0.25) is 0 Å². The number of nitrogens with two attached hydrogens (primary N) is 1. The lowest BCUT2D eigenvalue weighted by atomic mass is 10.1. The van der Waals surface area contributed by atoms with Crippen molar-refractivity contribution in [2.45, 2.75) is 26.1 Å². The van der Waals surface area contributed by atoms with Crippen LogP contribution in [0, 0.1) is 0 Å². The summed E-state index contributed by atoms with van der Waals surface area (Å²) >= 11 is 8.58. The topological polar surface area (TPSA) is 38.5 Å². The average molecular weight is 329 g/mol. The summed E-state index contributed by atoms with van der Waals surface area (Å²) in [6.07, 6.45) is 0.492. The van der Waals surface area contributed by atoms with Crippen molar-refractivity contribution >= 4 is 38.8 Å². The first kappa shape index (κ1) is 13.8. The fraction of sp³-hybridized carbons (Fsp3) is 0.462. The molecule has 1 aromatic rings. The molecule has 1 fully saturated rings. The summed E-state index contributed by atoms with van der Waals surface area (Å²) in [7, 11) is 0. The monoisotopic (exact) mass is 328 g/mol. The maximum atomic E-state index is 5.74. The molecule has 1 saturated heterocycles. The molecular weight excluding hydrogens is 312 g/mol. The molecule has 2 rings (SSSR count). The molecule has 18 heavy (non-hydrogen) atoms. The number of nitrogens with zero attached hydrogens (tertiary/aromatic N) is 1. The van der Waals surface area contributed by atoms with Gasteiger partial charge in [-0.1, -0.05) is 12.2 Å². The summed E-state index contributed by atoms with van der Waals surface area (Å²) < 4.78 is 6.76. The summed E-state index contributed by atoms with van der Waals surface area (Å²) in [6, 6.07) is 6.00. The molecule has 0 bridgehead atoms. The van der Waals surface area contributed by atoms with Gasteiger partial charge in [-0.15, -0.1) is 0 Å². The molecule has 0 unspecified atom stereocenters. The minimum Gasteiger partial charge on any atom is -0.389 e. The number of anilines is 1. The quantitative estimate of drug-likeness (QED) is 0.847. The van der Waals surface area contributed by atoms with Crippen LogP contribution in [0.2, 0.25) is 0 Å². The molecule has 0 aliphatic carbocycles. The van der Waals surface area contributed by atoms with Gasteiger partial charge in [-0.25, -0.2) is 0 Å². The Bertz CT molecular complexity index is 456. The number of hydrogen-bond acceptors (Lipinski definition) is 3. The van der Waals surface area contributed by atoms with Crippen LogP contribution < -0.4 is 10.6 Å². The summed E-state index contributed by atoms with van der Waals surface area (Å²) in [5.41, 5.74) is 7.68. The van der Waals surface area contributed by atoms with E-state index in [2.05, 4.69) is 40.7 Å². The predicted octanol–water partition coefficient (Wildman–Crippen LogP) is 2.70. The first-order valence-electron chi connectivity index (χ1n) is 5.97. The van der Waals surface area contributed by atoms with Crippen molar-refractivity contribution in [2.24, 2.45) is 5.73 Å². The third-order valence-corrected chi connectivity index (χ3v) is 3.86. The van der Waals surface area contributed by atoms with Gasteiger partial charge in [0.25, 0.3) is 0 Å². The Morgan fingerprint density at radius 3 is 2.50 bits per heavy atom. The number of ether oxygens (including phenoxy) is 1. The van der Waals surface area contributed by atoms with Crippen LogP contribution in [0.5, 0.6) is 0 Å². The molecule has 0 aromatic heterocycles. The summed E-state index contributed by atoms with van der Waals surface area (Å²) in [6.45, 7) is 5.99. The Hall–Kier alpha value is -0.650. The molecule has 1 heterocycles. The van der Waals surface area contributed by atoms with Crippen LogP contribution >= 0.6 is 28.1 Å². The highest BCUT2D eigenvalue weighted by Crippen LogP contribution is 2.29. The van der Waals surface area contributed by atoms with Gasteiger partial charge in [-0.3, -0.25) is 0 Å². The van der Waals surface area contributed by atoms with E-state index >= 15 is 0 Å². The zero-order valence-electron chi connectivity index (χ0n) is 10.5. The van der Waals surface area contributed by atoms with Crippen LogP contribution in [0.15, 0.2) is 22.7 Å². The second kappa shape index (κ2) is 5.55. The number of thiocarbonyl (C=S) groups is 1. The van der Waals surface area contributed by atoms with E-state index in [4.69, 9.17) is 22.7 Å². The van der Waals surface area contributed by atoms with Crippen LogP contribution in [0.4, 0.5) is 5.69 Å². The van der Waals surface area contributed by atoms with Crippen molar-refractivity contribution in [1.29, 1.82) is 0 Å². The van der Waals surface area contributed by atoms with E-state index in [1.54, 1.807) is 0 Å². The van der Waals surface area contributed by atoms with Crippen LogP contribution in [0.3, 0.4) is 0 Å². The first-order valence-corrected chi connectivity index (χ1v) is 7.17. The van der Waals surface area contributed by atoms with E-state index < -0.39 is 0 Å². The van der Waals surface area contributed by atoms with Gasteiger partial charge in [0.15, 0.2) is 0 Å². The number of hydrogen-bond donors (Lipinski definition) is 1. The minimum absolute atomic E-state index is 0.246. The number of halogens is 1. The molecule has 98 valence electrons. The number of benzene rings is 1. The summed E-state index contributed by atoms with van der Waals surface area (Å²) in [5, 5.41) is 0. The Balaban J connectivity index is 2.25. The highest BCUT2D eigenvalue weighted by molar-refractivity contribution is 9.10. The maximum absolute atomic E-state index is 5.74. The van der Waals surface area contributed by atoms with Crippen LogP contribution in [0.1, 0.15) is 19.4 Å². The number of rotatable bonds is 2. The van der Waals surface area contributed by atoms with E-state index in [9.17, 15) is 0 Å². The smallest absolute Gasteiger partial charge is 0.104 e. The largest absolute Gasteiger partial charge is 0.389 e. The fourth-order valence-corrected chi connectivity index (χ4v) is 3.05. The SMILES string of the molecule is C[C@@H]1CN(c2ccc(C(N)=S)cc2Br)C[C@H](C)O1. The summed E-state index contributed by atoms with van der Waals surface area (Å²) in [4.78, 5) is 2.75. The molecular formula is C13H17BrN2OS. The van der Waals surface area contributed by atoms with Crippen molar-refractivity contribution in [3.05, 3.63) is 28.2 Å². The maximum Gasteiger partial charge on any atom is 0.104 e. The molecule has 0 saturated carbocycles. The van der Waals surface area contributed by atoms with E-state index in [1.165, 1.54) is 0 Å². The van der Waals surface area contributed by atoms with E-state index in [1.807, 2.05) is 12.1 Å². The number of morpholine rings is 1. The van der Waals surface area contributed by atoms with Gasteiger partial charge in [0.1, 0.15) is 4.99 Å². The lowest BCUT2D eigenvalue weighted by Crippen LogP contribution is -2.45. The third-order valence-electron chi connectivity index (χ3n) is 2.99. The van der Waals surface area contributed by atoms with Crippen molar-refractivity contribution in [3.8, 4) is 0 Å². The normalized spacial score (nSPS) is 24.1. The van der Waals surface area contributed by atoms with Crippen LogP contribution in [-0.4, -0.2) is 30.3 Å². The molecule has 1 aliphatic rings. The minimum atomic E-state index is 0.246. The Morgan fingerprint density at radius 1 is 1.39 bits per heavy atom. The Morgan fingerprint density at radius 2 is 2.00 bits per heavy atom. The Kier molecular flexibility index (Phi) is 4.25. The van der Waals surface area contributed by atoms with Gasteiger partial charge in [0, 0.05) is 23.1 Å². The van der Waals surface area contributed by atoms with E-state index in [0.717, 1.165) is 28.8 Å². The second-order valence-corrected chi connectivity index (χ2v) is 5.99. The standard InChI is InChI=1S/C13H17BrN2OS/c1-8-6-16(7-9(2)17-8)12-4-3-10(13(15)18)5-11(12)14/h3-5,8-9H,6-7H2,1-2H3,(H2,15,18)/t8-,9+. The van der Waals surface area contributed by atoms with Gasteiger partial charge in [-0.05, 0) is 48.0 Å². The van der Waals surface area contributed by atoms with Gasteiger partial charge in [0.05, 0.1) is 17.9 Å². The molecule has 1 aliphatic heterocycles. The average Bonchev–Trinajstić information content (AvgIpc) is 2.27. The molecule has 3 nitrogen and oxygen atoms in total. The van der Waals surface area contributed by atoms with E-state index in [0.29, 0.717) is 4.99 Å². The van der Waals surface area contributed by atoms with Crippen LogP contribution in [-0.2, 0) is 4.74 Å². The van der Waals surface area contributed by atoms with Crippen molar-refractivity contribution in [1.82, 2.24) is 0 Å². The van der Waals surface area contributed by atoms with Gasteiger partial charge < -0.3 is 15.4 Å². The van der Waals surface area contributed by atoms with Gasteiger partial charge in [-0.2, -0.15) is 0 Å². The van der Waals surface area contributed by atoms with Gasteiger partial charge >= 0.3 is 0 Å². The van der Waals surface area contributed by atoms with Crippen molar-refractivity contribution < 1.29 is 4.74 Å². The predicted molar refractivity (Wildman–Crippen MR) is 82.3 cm³/mol.